The van der Waals surface area contributed by atoms with Crippen LogP contribution in [0, 0.1) is 0 Å². The molecule has 18 heavy (non-hydrogen) atoms. The van der Waals surface area contributed by atoms with Crippen LogP contribution in [0.2, 0.25) is 5.02 Å². The van der Waals surface area contributed by atoms with Gasteiger partial charge in [0, 0.05) is 11.6 Å². The Kier molecular flexibility index (Phi) is 4.61. The number of aliphatic hydroxyl groups is 1. The molecule has 2 rings (SSSR count). The minimum atomic E-state index is -0.293. The lowest BCUT2D eigenvalue weighted by Crippen LogP contribution is -2.33. The van der Waals surface area contributed by atoms with Gasteiger partial charge in [-0.1, -0.05) is 30.7 Å². The van der Waals surface area contributed by atoms with Crippen molar-refractivity contribution >= 4 is 17.3 Å². The van der Waals surface area contributed by atoms with Crippen molar-refractivity contribution in [3.63, 3.8) is 0 Å². The van der Waals surface area contributed by atoms with Crippen LogP contribution in [0.3, 0.4) is 0 Å². The third-order valence-corrected chi connectivity index (χ3v) is 3.41. The highest BCUT2D eigenvalue weighted by atomic mass is 35.5. The normalized spacial score (nSPS) is 17.5. The highest BCUT2D eigenvalue weighted by molar-refractivity contribution is 6.30. The van der Waals surface area contributed by atoms with E-state index in [1.165, 1.54) is 0 Å². The Morgan fingerprint density at radius 1 is 1.39 bits per heavy atom. The van der Waals surface area contributed by atoms with Crippen LogP contribution in [0.5, 0.6) is 0 Å². The summed E-state index contributed by atoms with van der Waals surface area (Å²) in [5.74, 6) is 0. The zero-order valence-corrected chi connectivity index (χ0v) is 11.4. The summed E-state index contributed by atoms with van der Waals surface area (Å²) in [6.45, 7) is 3.53. The first kappa shape index (κ1) is 13.4. The van der Waals surface area contributed by atoms with Gasteiger partial charge in [0.25, 0.3) is 0 Å². The molecule has 1 aliphatic rings. The third kappa shape index (κ3) is 3.47. The number of hydrazone groups is 1. The van der Waals surface area contributed by atoms with Gasteiger partial charge in [-0.05, 0) is 37.0 Å². The molecule has 0 aromatic heterocycles. The lowest BCUT2D eigenvalue weighted by Gasteiger charge is -2.27. The molecule has 4 heteroatoms. The van der Waals surface area contributed by atoms with Crippen LogP contribution in [-0.2, 0) is 0 Å². The van der Waals surface area contributed by atoms with E-state index in [1.807, 2.05) is 36.2 Å². The molecule has 1 aromatic rings. The van der Waals surface area contributed by atoms with Crippen molar-refractivity contribution in [3.8, 4) is 0 Å². The largest absolute Gasteiger partial charge is 0.391 e. The van der Waals surface area contributed by atoms with Crippen molar-refractivity contribution in [2.45, 2.75) is 32.3 Å². The molecule has 0 fully saturated rings. The lowest BCUT2D eigenvalue weighted by atomic mass is 10.0. The average Bonchev–Trinajstić information content (AvgIpc) is 2.40. The van der Waals surface area contributed by atoms with E-state index in [-0.39, 0.29) is 6.10 Å². The zero-order chi connectivity index (χ0) is 13.0. The smallest absolute Gasteiger partial charge is 0.0729 e. The second kappa shape index (κ2) is 6.21. The lowest BCUT2D eigenvalue weighted by molar-refractivity contribution is 0.108. The number of hydrogen-bond acceptors (Lipinski definition) is 3. The summed E-state index contributed by atoms with van der Waals surface area (Å²) in [6, 6.07) is 7.78. The molecule has 1 aromatic carbocycles. The van der Waals surface area contributed by atoms with Crippen molar-refractivity contribution in [2.24, 2.45) is 5.10 Å². The number of β-amino-alcohol motifs (C(OH)–C–C–N with tert-alkyl or cyclic N) is 1. The summed E-state index contributed by atoms with van der Waals surface area (Å²) in [5.41, 5.74) is 2.20. The number of halogens is 1. The monoisotopic (exact) mass is 266 g/mol. The Labute approximate surface area is 113 Å². The molecule has 0 spiro atoms. The molecule has 0 aliphatic carbocycles. The van der Waals surface area contributed by atoms with Gasteiger partial charge in [-0.3, -0.25) is 5.01 Å². The van der Waals surface area contributed by atoms with E-state index >= 15 is 0 Å². The van der Waals surface area contributed by atoms with Gasteiger partial charge in [0.2, 0.25) is 0 Å². The number of nitrogens with zero attached hydrogens (tertiary/aromatic N) is 2. The Bertz CT molecular complexity index is 416. The fraction of sp³-hybridized carbons (Fsp3) is 0.500. The first-order valence-corrected chi connectivity index (χ1v) is 6.83. The summed E-state index contributed by atoms with van der Waals surface area (Å²) < 4.78 is 0. The molecule has 0 bridgehead atoms. The summed E-state index contributed by atoms with van der Waals surface area (Å²) >= 11 is 5.88. The predicted molar refractivity (Wildman–Crippen MR) is 75.1 cm³/mol. The van der Waals surface area contributed by atoms with Gasteiger partial charge in [0.05, 0.1) is 18.4 Å². The quantitative estimate of drug-likeness (QED) is 0.910. The van der Waals surface area contributed by atoms with E-state index in [0.717, 1.165) is 42.1 Å². The standard InChI is InChI=1S/C14H19ClN2O/c1-2-13(18)10-17-9-3-4-14(16-17)11-5-7-12(15)8-6-11/h5-8,13,18H,2-4,9-10H2,1H3. The summed E-state index contributed by atoms with van der Waals surface area (Å²) in [7, 11) is 0. The van der Waals surface area contributed by atoms with Crippen LogP contribution >= 0.6 is 11.6 Å². The second-order valence-electron chi connectivity index (χ2n) is 4.63. The maximum absolute atomic E-state index is 9.68. The molecule has 0 saturated carbocycles. The highest BCUT2D eigenvalue weighted by Gasteiger charge is 2.15. The Balaban J connectivity index is 2.10. The van der Waals surface area contributed by atoms with E-state index in [2.05, 4.69) is 5.10 Å². The van der Waals surface area contributed by atoms with Gasteiger partial charge in [-0.15, -0.1) is 0 Å². The van der Waals surface area contributed by atoms with Crippen LogP contribution in [0.25, 0.3) is 0 Å². The van der Waals surface area contributed by atoms with Crippen LogP contribution in [-0.4, -0.2) is 35.0 Å². The molecule has 0 radical (unpaired) electrons. The van der Waals surface area contributed by atoms with Gasteiger partial charge in [-0.2, -0.15) is 5.10 Å². The van der Waals surface area contributed by atoms with E-state index < -0.39 is 0 Å². The van der Waals surface area contributed by atoms with Crippen molar-refractivity contribution < 1.29 is 5.11 Å². The first-order chi connectivity index (χ1) is 8.69. The van der Waals surface area contributed by atoms with Crippen LogP contribution < -0.4 is 0 Å². The molecule has 3 nitrogen and oxygen atoms in total. The second-order valence-corrected chi connectivity index (χ2v) is 5.07. The van der Waals surface area contributed by atoms with E-state index in [1.54, 1.807) is 0 Å². The summed E-state index contributed by atoms with van der Waals surface area (Å²) in [6.07, 6.45) is 2.54. The van der Waals surface area contributed by atoms with Crippen LogP contribution in [0.4, 0.5) is 0 Å². The van der Waals surface area contributed by atoms with E-state index in [4.69, 9.17) is 11.6 Å². The van der Waals surface area contributed by atoms with Gasteiger partial charge in [-0.25, -0.2) is 0 Å². The minimum absolute atomic E-state index is 0.293. The molecule has 1 heterocycles. The topological polar surface area (TPSA) is 35.8 Å². The Morgan fingerprint density at radius 3 is 2.78 bits per heavy atom. The first-order valence-electron chi connectivity index (χ1n) is 6.45. The van der Waals surface area contributed by atoms with Gasteiger partial charge in [0.1, 0.15) is 0 Å². The van der Waals surface area contributed by atoms with E-state index in [0.29, 0.717) is 6.54 Å². The fourth-order valence-electron chi connectivity index (χ4n) is 2.05. The molecule has 0 amide bonds. The number of hydrogen-bond donors (Lipinski definition) is 1. The Hall–Kier alpha value is -1.06. The predicted octanol–water partition coefficient (Wildman–Crippen LogP) is 2.91. The van der Waals surface area contributed by atoms with E-state index in [9.17, 15) is 5.11 Å². The van der Waals surface area contributed by atoms with Crippen LogP contribution in [0.1, 0.15) is 31.7 Å². The fourth-order valence-corrected chi connectivity index (χ4v) is 2.17. The molecular weight excluding hydrogens is 248 g/mol. The van der Waals surface area contributed by atoms with Gasteiger partial charge < -0.3 is 5.11 Å². The van der Waals surface area contributed by atoms with Crippen LogP contribution in [0.15, 0.2) is 29.4 Å². The third-order valence-electron chi connectivity index (χ3n) is 3.16. The van der Waals surface area contributed by atoms with Gasteiger partial charge in [0.15, 0.2) is 0 Å². The summed E-state index contributed by atoms with van der Waals surface area (Å²) in [4.78, 5) is 0. The SMILES string of the molecule is CCC(O)CN1CCCC(c2ccc(Cl)cc2)=N1. The Morgan fingerprint density at radius 2 is 2.11 bits per heavy atom. The maximum atomic E-state index is 9.68. The van der Waals surface area contributed by atoms with Crippen molar-refractivity contribution in [1.82, 2.24) is 5.01 Å². The zero-order valence-electron chi connectivity index (χ0n) is 10.6. The maximum Gasteiger partial charge on any atom is 0.0729 e. The number of benzene rings is 1. The molecular formula is C14H19ClN2O. The molecule has 1 N–H and O–H groups in total. The number of rotatable bonds is 4. The summed E-state index contributed by atoms with van der Waals surface area (Å²) in [5, 5.41) is 17.0. The minimum Gasteiger partial charge on any atom is -0.391 e. The average molecular weight is 267 g/mol. The number of aliphatic hydroxyl groups excluding tert-OH is 1. The van der Waals surface area contributed by atoms with Gasteiger partial charge >= 0.3 is 0 Å². The van der Waals surface area contributed by atoms with Crippen molar-refractivity contribution in [2.75, 3.05) is 13.1 Å². The molecule has 98 valence electrons. The molecule has 1 unspecified atom stereocenters. The molecule has 0 saturated heterocycles. The highest BCUT2D eigenvalue weighted by Crippen LogP contribution is 2.17. The molecule has 1 atom stereocenters. The van der Waals surface area contributed by atoms with Crippen molar-refractivity contribution in [1.29, 1.82) is 0 Å². The molecule has 1 aliphatic heterocycles. The van der Waals surface area contributed by atoms with Crippen molar-refractivity contribution in [3.05, 3.63) is 34.9 Å².